The first kappa shape index (κ1) is 7.71. The Bertz CT molecular complexity index is 311. The summed E-state index contributed by atoms with van der Waals surface area (Å²) in [5, 5.41) is 9.37. The van der Waals surface area contributed by atoms with Gasteiger partial charge in [0.2, 0.25) is 6.79 Å². The highest BCUT2D eigenvalue weighted by Crippen LogP contribution is 2.36. The maximum absolute atomic E-state index is 8.87. The summed E-state index contributed by atoms with van der Waals surface area (Å²) < 4.78 is 10.2. The van der Waals surface area contributed by atoms with E-state index in [-0.39, 0.29) is 13.4 Å². The van der Waals surface area contributed by atoms with E-state index in [1.807, 2.05) is 0 Å². The quantitative estimate of drug-likeness (QED) is 0.724. The highest BCUT2D eigenvalue weighted by molar-refractivity contribution is 6.31. The summed E-state index contributed by atoms with van der Waals surface area (Å²) in [6.07, 6.45) is 0. The molecule has 3 nitrogen and oxygen atoms in total. The first-order valence-corrected chi connectivity index (χ1v) is 3.88. The minimum absolute atomic E-state index is 0.0878. The van der Waals surface area contributed by atoms with Crippen LogP contribution < -0.4 is 9.47 Å². The number of halogens is 1. The number of benzene rings is 1. The Labute approximate surface area is 74.5 Å². The molecular formula is C8H7ClO3. The topological polar surface area (TPSA) is 38.7 Å². The van der Waals surface area contributed by atoms with Gasteiger partial charge in [-0.05, 0) is 11.6 Å². The second kappa shape index (κ2) is 2.84. The number of aliphatic hydroxyl groups is 1. The third-order valence-corrected chi connectivity index (χ3v) is 2.06. The van der Waals surface area contributed by atoms with E-state index in [0.29, 0.717) is 22.1 Å². The molecule has 1 N–H and O–H groups in total. The highest BCUT2D eigenvalue weighted by atomic mass is 35.5. The van der Waals surface area contributed by atoms with Crippen molar-refractivity contribution >= 4 is 11.6 Å². The molecule has 0 saturated carbocycles. The van der Waals surface area contributed by atoms with Crippen molar-refractivity contribution in [3.63, 3.8) is 0 Å². The molecule has 0 aromatic heterocycles. The Kier molecular flexibility index (Phi) is 1.83. The molecule has 0 saturated heterocycles. The molecule has 0 spiro atoms. The third kappa shape index (κ3) is 1.11. The summed E-state index contributed by atoms with van der Waals surface area (Å²) in [5.41, 5.74) is 0.654. The van der Waals surface area contributed by atoms with E-state index < -0.39 is 0 Å². The Hall–Kier alpha value is -0.930. The predicted molar refractivity (Wildman–Crippen MR) is 43.5 cm³/mol. The monoisotopic (exact) mass is 186 g/mol. The van der Waals surface area contributed by atoms with Crippen molar-refractivity contribution in [2.45, 2.75) is 6.61 Å². The molecule has 0 fully saturated rings. The van der Waals surface area contributed by atoms with E-state index >= 15 is 0 Å². The van der Waals surface area contributed by atoms with Crippen LogP contribution in [0.5, 0.6) is 11.5 Å². The smallest absolute Gasteiger partial charge is 0.231 e. The van der Waals surface area contributed by atoms with Gasteiger partial charge in [0.1, 0.15) is 0 Å². The summed E-state index contributed by atoms with van der Waals surface area (Å²) in [6.45, 7) is 0.135. The Morgan fingerprint density at radius 3 is 2.67 bits per heavy atom. The second-order valence-corrected chi connectivity index (χ2v) is 2.86. The molecule has 0 bridgehead atoms. The molecule has 1 aromatic carbocycles. The van der Waals surface area contributed by atoms with Crippen molar-refractivity contribution in [1.82, 2.24) is 0 Å². The molecule has 1 heterocycles. The second-order valence-electron chi connectivity index (χ2n) is 2.45. The maximum atomic E-state index is 8.87. The van der Waals surface area contributed by atoms with Crippen LogP contribution in [-0.2, 0) is 6.61 Å². The van der Waals surface area contributed by atoms with Crippen molar-refractivity contribution in [3.05, 3.63) is 22.7 Å². The lowest BCUT2D eigenvalue weighted by Gasteiger charge is -2.01. The number of ether oxygens (including phenoxy) is 2. The van der Waals surface area contributed by atoms with Crippen LogP contribution in [0.1, 0.15) is 5.56 Å². The van der Waals surface area contributed by atoms with Gasteiger partial charge in [-0.1, -0.05) is 11.6 Å². The molecule has 0 atom stereocenters. The van der Waals surface area contributed by atoms with E-state index in [9.17, 15) is 0 Å². The predicted octanol–water partition coefficient (Wildman–Crippen LogP) is 1.56. The van der Waals surface area contributed by atoms with Gasteiger partial charge in [-0.2, -0.15) is 0 Å². The highest BCUT2D eigenvalue weighted by Gasteiger charge is 2.15. The standard InChI is InChI=1S/C8H7ClO3/c9-6-2-8-7(11-4-12-8)1-5(6)3-10/h1-2,10H,3-4H2. The van der Waals surface area contributed by atoms with Crippen LogP contribution in [0.2, 0.25) is 5.02 Å². The lowest BCUT2D eigenvalue weighted by atomic mass is 10.2. The number of hydrogen-bond donors (Lipinski definition) is 1. The Balaban J connectivity index is 2.49. The molecule has 0 unspecified atom stereocenters. The number of fused-ring (bicyclic) bond motifs is 1. The van der Waals surface area contributed by atoms with E-state index in [1.165, 1.54) is 0 Å². The van der Waals surface area contributed by atoms with Crippen LogP contribution in [0.3, 0.4) is 0 Å². The largest absolute Gasteiger partial charge is 0.454 e. The number of rotatable bonds is 1. The van der Waals surface area contributed by atoms with Crippen molar-refractivity contribution < 1.29 is 14.6 Å². The van der Waals surface area contributed by atoms with Crippen molar-refractivity contribution in [2.24, 2.45) is 0 Å². The number of aliphatic hydroxyl groups excluding tert-OH is 1. The normalized spacial score (nSPS) is 13.5. The fourth-order valence-electron chi connectivity index (χ4n) is 1.08. The average molecular weight is 187 g/mol. The van der Waals surface area contributed by atoms with E-state index in [0.717, 1.165) is 0 Å². The van der Waals surface area contributed by atoms with Gasteiger partial charge in [0.05, 0.1) is 11.6 Å². The van der Waals surface area contributed by atoms with E-state index in [2.05, 4.69) is 0 Å². The van der Waals surface area contributed by atoms with Gasteiger partial charge in [0.15, 0.2) is 11.5 Å². The van der Waals surface area contributed by atoms with Crippen molar-refractivity contribution in [3.8, 4) is 11.5 Å². The van der Waals surface area contributed by atoms with Crippen LogP contribution in [0.25, 0.3) is 0 Å². The summed E-state index contributed by atoms with van der Waals surface area (Å²) >= 11 is 5.81. The summed E-state index contributed by atoms with van der Waals surface area (Å²) in [6, 6.07) is 3.33. The van der Waals surface area contributed by atoms with Crippen LogP contribution >= 0.6 is 11.6 Å². The van der Waals surface area contributed by atoms with Gasteiger partial charge in [0, 0.05) is 6.07 Å². The molecule has 64 valence electrons. The molecule has 12 heavy (non-hydrogen) atoms. The molecule has 0 radical (unpaired) electrons. The summed E-state index contributed by atoms with van der Waals surface area (Å²) in [7, 11) is 0. The van der Waals surface area contributed by atoms with Gasteiger partial charge in [-0.25, -0.2) is 0 Å². The lowest BCUT2D eigenvalue weighted by molar-refractivity contribution is 0.174. The molecule has 1 aliphatic rings. The fourth-order valence-corrected chi connectivity index (χ4v) is 1.29. The molecule has 4 heteroatoms. The van der Waals surface area contributed by atoms with Crippen molar-refractivity contribution in [1.29, 1.82) is 0 Å². The summed E-state index contributed by atoms with van der Waals surface area (Å²) in [4.78, 5) is 0. The average Bonchev–Trinajstić information content (AvgIpc) is 2.49. The zero-order valence-corrected chi connectivity index (χ0v) is 6.97. The Morgan fingerprint density at radius 1 is 1.33 bits per heavy atom. The Morgan fingerprint density at radius 2 is 2.00 bits per heavy atom. The first-order chi connectivity index (χ1) is 5.81. The maximum Gasteiger partial charge on any atom is 0.231 e. The first-order valence-electron chi connectivity index (χ1n) is 3.50. The van der Waals surface area contributed by atoms with Gasteiger partial charge in [-0.3, -0.25) is 0 Å². The zero-order chi connectivity index (χ0) is 8.55. The van der Waals surface area contributed by atoms with Crippen LogP contribution in [-0.4, -0.2) is 11.9 Å². The zero-order valence-electron chi connectivity index (χ0n) is 6.21. The minimum atomic E-state index is -0.0878. The van der Waals surface area contributed by atoms with Gasteiger partial charge < -0.3 is 14.6 Å². The summed E-state index contributed by atoms with van der Waals surface area (Å²) in [5.74, 6) is 1.28. The van der Waals surface area contributed by atoms with Gasteiger partial charge >= 0.3 is 0 Å². The van der Waals surface area contributed by atoms with E-state index in [4.69, 9.17) is 26.2 Å². The van der Waals surface area contributed by atoms with E-state index in [1.54, 1.807) is 12.1 Å². The molecule has 0 amide bonds. The van der Waals surface area contributed by atoms with Gasteiger partial charge in [-0.15, -0.1) is 0 Å². The lowest BCUT2D eigenvalue weighted by Crippen LogP contribution is -1.92. The van der Waals surface area contributed by atoms with Crippen LogP contribution in [0.4, 0.5) is 0 Å². The van der Waals surface area contributed by atoms with Crippen molar-refractivity contribution in [2.75, 3.05) is 6.79 Å². The van der Waals surface area contributed by atoms with Gasteiger partial charge in [0.25, 0.3) is 0 Å². The van der Waals surface area contributed by atoms with Crippen LogP contribution in [0, 0.1) is 0 Å². The SMILES string of the molecule is OCc1cc2c(cc1Cl)OCO2. The molecule has 2 rings (SSSR count). The molecule has 1 aliphatic heterocycles. The molecule has 1 aromatic rings. The minimum Gasteiger partial charge on any atom is -0.454 e. The van der Waals surface area contributed by atoms with Crippen LogP contribution in [0.15, 0.2) is 12.1 Å². The molecule has 0 aliphatic carbocycles. The third-order valence-electron chi connectivity index (χ3n) is 1.71. The fraction of sp³-hybridized carbons (Fsp3) is 0.250. The molecular weight excluding hydrogens is 180 g/mol. The number of hydrogen-bond acceptors (Lipinski definition) is 3.